The second-order valence-electron chi connectivity index (χ2n) is 6.56. The third kappa shape index (κ3) is 4.63. The molecule has 136 valence electrons. The second-order valence-corrected chi connectivity index (χ2v) is 6.56. The SMILES string of the molecule is CNC(=O)c1ccc(CN2CCC=C(CNC(=O)N3CCCC3)C2)o1. The smallest absolute Gasteiger partial charge is 0.317 e. The number of carbonyl (C=O) groups is 2. The van der Waals surface area contributed by atoms with E-state index in [4.69, 9.17) is 4.42 Å². The molecule has 25 heavy (non-hydrogen) atoms. The highest BCUT2D eigenvalue weighted by Gasteiger charge is 2.19. The Bertz CT molecular complexity index is 647. The fourth-order valence-electron chi connectivity index (χ4n) is 3.29. The Labute approximate surface area is 148 Å². The Morgan fingerprint density at radius 1 is 1.20 bits per heavy atom. The molecule has 2 aliphatic rings. The zero-order chi connectivity index (χ0) is 17.6. The lowest BCUT2D eigenvalue weighted by Gasteiger charge is -2.27. The fraction of sp³-hybridized carbons (Fsp3) is 0.556. The van der Waals surface area contributed by atoms with Gasteiger partial charge in [0, 0.05) is 39.8 Å². The summed E-state index contributed by atoms with van der Waals surface area (Å²) in [7, 11) is 1.59. The Balaban J connectivity index is 1.47. The quantitative estimate of drug-likeness (QED) is 0.794. The van der Waals surface area contributed by atoms with Crippen LogP contribution < -0.4 is 10.6 Å². The lowest BCUT2D eigenvalue weighted by molar-refractivity contribution is 0.0931. The van der Waals surface area contributed by atoms with Crippen molar-refractivity contribution in [1.29, 1.82) is 0 Å². The van der Waals surface area contributed by atoms with Crippen molar-refractivity contribution < 1.29 is 14.0 Å². The molecule has 1 aromatic rings. The molecular formula is C18H26N4O3. The number of likely N-dealkylation sites (tertiary alicyclic amines) is 1. The van der Waals surface area contributed by atoms with E-state index in [9.17, 15) is 9.59 Å². The summed E-state index contributed by atoms with van der Waals surface area (Å²) < 4.78 is 5.59. The van der Waals surface area contributed by atoms with Crippen molar-refractivity contribution in [2.45, 2.75) is 25.8 Å². The van der Waals surface area contributed by atoms with Crippen molar-refractivity contribution in [2.75, 3.05) is 39.8 Å². The zero-order valence-corrected chi connectivity index (χ0v) is 14.7. The third-order valence-corrected chi connectivity index (χ3v) is 4.66. The molecule has 0 saturated carbocycles. The Morgan fingerprint density at radius 3 is 2.76 bits per heavy atom. The zero-order valence-electron chi connectivity index (χ0n) is 14.7. The summed E-state index contributed by atoms with van der Waals surface area (Å²) in [6, 6.07) is 3.58. The van der Waals surface area contributed by atoms with E-state index in [1.54, 1.807) is 13.1 Å². The molecule has 2 aliphatic heterocycles. The summed E-state index contributed by atoms with van der Waals surface area (Å²) in [6.07, 6.45) is 5.37. The highest BCUT2D eigenvalue weighted by molar-refractivity contribution is 5.91. The van der Waals surface area contributed by atoms with Gasteiger partial charge in [0.05, 0.1) is 6.54 Å². The minimum absolute atomic E-state index is 0.0387. The van der Waals surface area contributed by atoms with Crippen LogP contribution >= 0.6 is 0 Å². The molecule has 0 atom stereocenters. The van der Waals surface area contributed by atoms with Crippen LogP contribution in [-0.4, -0.2) is 61.5 Å². The number of urea groups is 1. The maximum absolute atomic E-state index is 12.1. The molecule has 0 spiro atoms. The number of hydrogen-bond acceptors (Lipinski definition) is 4. The first-order chi connectivity index (χ1) is 12.2. The van der Waals surface area contributed by atoms with Gasteiger partial charge >= 0.3 is 6.03 Å². The molecule has 0 bridgehead atoms. The van der Waals surface area contributed by atoms with E-state index in [2.05, 4.69) is 21.6 Å². The van der Waals surface area contributed by atoms with Gasteiger partial charge < -0.3 is 20.0 Å². The Morgan fingerprint density at radius 2 is 2.00 bits per heavy atom. The predicted octanol–water partition coefficient (Wildman–Crippen LogP) is 1.58. The first-order valence-corrected chi connectivity index (χ1v) is 8.89. The lowest BCUT2D eigenvalue weighted by Crippen LogP contribution is -2.40. The van der Waals surface area contributed by atoms with E-state index in [0.29, 0.717) is 18.8 Å². The van der Waals surface area contributed by atoms with Gasteiger partial charge in [-0.3, -0.25) is 9.69 Å². The third-order valence-electron chi connectivity index (χ3n) is 4.66. The minimum atomic E-state index is -0.213. The molecule has 1 saturated heterocycles. The average molecular weight is 346 g/mol. The highest BCUT2D eigenvalue weighted by atomic mass is 16.4. The summed E-state index contributed by atoms with van der Waals surface area (Å²) in [5.41, 5.74) is 1.22. The van der Waals surface area contributed by atoms with Gasteiger partial charge in [0.15, 0.2) is 5.76 Å². The van der Waals surface area contributed by atoms with Crippen molar-refractivity contribution in [3.8, 4) is 0 Å². The number of nitrogens with zero attached hydrogens (tertiary/aromatic N) is 2. The van der Waals surface area contributed by atoms with Crippen LogP contribution in [-0.2, 0) is 6.54 Å². The van der Waals surface area contributed by atoms with Crippen molar-refractivity contribution in [3.63, 3.8) is 0 Å². The van der Waals surface area contributed by atoms with E-state index in [-0.39, 0.29) is 11.9 Å². The molecular weight excluding hydrogens is 320 g/mol. The number of furan rings is 1. The topological polar surface area (TPSA) is 77.8 Å². The van der Waals surface area contributed by atoms with Crippen LogP contribution in [0.15, 0.2) is 28.2 Å². The van der Waals surface area contributed by atoms with Crippen molar-refractivity contribution in [1.82, 2.24) is 20.4 Å². The normalized spacial score (nSPS) is 18.1. The Kier molecular flexibility index (Phi) is 5.75. The molecule has 0 aliphatic carbocycles. The number of nitrogens with one attached hydrogen (secondary N) is 2. The van der Waals surface area contributed by atoms with Crippen LogP contribution in [0, 0.1) is 0 Å². The molecule has 1 fully saturated rings. The summed E-state index contributed by atoms with van der Waals surface area (Å²) in [6.45, 7) is 4.73. The molecule has 1 aromatic heterocycles. The monoisotopic (exact) mass is 346 g/mol. The summed E-state index contributed by atoms with van der Waals surface area (Å²) in [5, 5.41) is 5.58. The number of hydrogen-bond donors (Lipinski definition) is 2. The van der Waals surface area contributed by atoms with Crippen LogP contribution in [0.2, 0.25) is 0 Å². The van der Waals surface area contributed by atoms with Gasteiger partial charge in [0.1, 0.15) is 5.76 Å². The largest absolute Gasteiger partial charge is 0.455 e. The van der Waals surface area contributed by atoms with Gasteiger partial charge in [-0.15, -0.1) is 0 Å². The predicted molar refractivity (Wildman–Crippen MR) is 94.3 cm³/mol. The van der Waals surface area contributed by atoms with Gasteiger partial charge in [0.25, 0.3) is 5.91 Å². The van der Waals surface area contributed by atoms with Gasteiger partial charge in [-0.2, -0.15) is 0 Å². The first-order valence-electron chi connectivity index (χ1n) is 8.89. The van der Waals surface area contributed by atoms with Crippen LogP contribution in [0.25, 0.3) is 0 Å². The first kappa shape index (κ1) is 17.5. The molecule has 0 unspecified atom stereocenters. The van der Waals surface area contributed by atoms with Crippen molar-refractivity contribution >= 4 is 11.9 Å². The molecule has 2 N–H and O–H groups in total. The molecule has 0 radical (unpaired) electrons. The van der Waals surface area contributed by atoms with E-state index < -0.39 is 0 Å². The van der Waals surface area contributed by atoms with Gasteiger partial charge in [-0.1, -0.05) is 6.08 Å². The number of amides is 3. The van der Waals surface area contributed by atoms with Crippen molar-refractivity contribution in [3.05, 3.63) is 35.3 Å². The molecule has 3 amide bonds. The summed E-state index contributed by atoms with van der Waals surface area (Å²) >= 11 is 0. The van der Waals surface area contributed by atoms with E-state index in [1.807, 2.05) is 11.0 Å². The van der Waals surface area contributed by atoms with Gasteiger partial charge in [-0.05, 0) is 37.0 Å². The summed E-state index contributed by atoms with van der Waals surface area (Å²) in [4.78, 5) is 27.8. The van der Waals surface area contributed by atoms with Crippen LogP contribution in [0.4, 0.5) is 4.79 Å². The number of rotatable bonds is 5. The molecule has 7 nitrogen and oxygen atoms in total. The molecule has 3 heterocycles. The maximum atomic E-state index is 12.1. The standard InChI is InChI=1S/C18H26N4O3/c1-19-17(23)16-7-6-15(25-16)13-21-8-4-5-14(12-21)11-20-18(24)22-9-2-3-10-22/h5-7H,2-4,8-13H2,1H3,(H,19,23)(H,20,24). The van der Waals surface area contributed by atoms with Crippen molar-refractivity contribution in [2.24, 2.45) is 0 Å². The lowest BCUT2D eigenvalue weighted by atomic mass is 10.1. The van der Waals surface area contributed by atoms with Crippen LogP contribution in [0.5, 0.6) is 0 Å². The highest BCUT2D eigenvalue weighted by Crippen LogP contribution is 2.16. The minimum Gasteiger partial charge on any atom is -0.455 e. The van der Waals surface area contributed by atoms with E-state index >= 15 is 0 Å². The van der Waals surface area contributed by atoms with Crippen LogP contribution in [0.3, 0.4) is 0 Å². The van der Waals surface area contributed by atoms with Gasteiger partial charge in [-0.25, -0.2) is 4.79 Å². The fourth-order valence-corrected chi connectivity index (χ4v) is 3.29. The number of carbonyl (C=O) groups excluding carboxylic acids is 2. The summed E-state index contributed by atoms with van der Waals surface area (Å²) in [5.74, 6) is 0.902. The van der Waals surface area contributed by atoms with Crippen LogP contribution in [0.1, 0.15) is 35.6 Å². The van der Waals surface area contributed by atoms with E-state index in [1.165, 1.54) is 5.57 Å². The molecule has 0 aromatic carbocycles. The van der Waals surface area contributed by atoms with E-state index in [0.717, 1.165) is 51.2 Å². The maximum Gasteiger partial charge on any atom is 0.317 e. The second kappa shape index (κ2) is 8.20. The average Bonchev–Trinajstić information content (AvgIpc) is 3.31. The molecule has 7 heteroatoms. The van der Waals surface area contributed by atoms with Gasteiger partial charge in [0.2, 0.25) is 0 Å². The Hall–Kier alpha value is -2.28. The molecule has 3 rings (SSSR count).